The Labute approximate surface area is 254 Å². The van der Waals surface area contributed by atoms with E-state index >= 15 is 0 Å². The summed E-state index contributed by atoms with van der Waals surface area (Å²) >= 11 is 0. The van der Waals surface area contributed by atoms with Gasteiger partial charge in [-0.15, -0.1) is 0 Å². The molecular weight excluding hydrogens is 546 g/mol. The molecule has 1 aromatic heterocycles. The molecule has 5 atom stereocenters. The van der Waals surface area contributed by atoms with E-state index in [1.165, 1.54) is 5.01 Å². The van der Waals surface area contributed by atoms with E-state index in [0.717, 1.165) is 22.0 Å². The van der Waals surface area contributed by atoms with E-state index in [4.69, 9.17) is 4.74 Å². The molecule has 232 valence electrons. The van der Waals surface area contributed by atoms with Crippen LogP contribution in [0.3, 0.4) is 0 Å². The predicted molar refractivity (Wildman–Crippen MR) is 167 cm³/mol. The molecule has 2 unspecified atom stereocenters. The number of aromatic nitrogens is 1. The summed E-state index contributed by atoms with van der Waals surface area (Å²) in [6.45, 7) is 15.0. The van der Waals surface area contributed by atoms with Crippen LogP contribution in [-0.2, 0) is 23.9 Å². The zero-order chi connectivity index (χ0) is 31.7. The molecule has 3 rings (SSSR count). The van der Waals surface area contributed by atoms with Crippen LogP contribution in [0.5, 0.6) is 0 Å². The standard InChI is InChI=1S/C33H45N5O5/c1-8-12-23(9-2)30(39)36-29(20(4)5)31(40)35-21(6)32(41)38-16-11-13-28(37-38)33(42)43-22(7)24-14-15-25-19-34-27(10-3)18-26(25)17-24/h8,10,12,14-15,17-23,28-29,37H,3,9,11,13,16H2,1-2,4-7H3,(H,35,40)(H,36,39)/b12-8+/t21?,22-,23-,28?,29+/m1/s1. The van der Waals surface area contributed by atoms with Crippen LogP contribution in [0.1, 0.15) is 78.2 Å². The number of pyridine rings is 1. The van der Waals surface area contributed by atoms with Crippen LogP contribution in [0.15, 0.2) is 49.2 Å². The van der Waals surface area contributed by atoms with E-state index in [1.807, 2.05) is 65.0 Å². The third-order valence-corrected chi connectivity index (χ3v) is 7.65. The number of ether oxygens (including phenoxy) is 1. The highest BCUT2D eigenvalue weighted by molar-refractivity contribution is 5.93. The number of hydrogen-bond acceptors (Lipinski definition) is 7. The largest absolute Gasteiger partial charge is 0.457 e. The molecule has 0 aliphatic carbocycles. The zero-order valence-corrected chi connectivity index (χ0v) is 26.1. The molecule has 43 heavy (non-hydrogen) atoms. The van der Waals surface area contributed by atoms with Crippen LogP contribution in [0.25, 0.3) is 16.8 Å². The van der Waals surface area contributed by atoms with Crippen molar-refractivity contribution in [2.45, 2.75) is 85.0 Å². The summed E-state index contributed by atoms with van der Waals surface area (Å²) in [6, 6.07) is 5.35. The predicted octanol–water partition coefficient (Wildman–Crippen LogP) is 4.23. The maximum absolute atomic E-state index is 13.3. The number of allylic oxidation sites excluding steroid dienone is 1. The van der Waals surface area contributed by atoms with Crippen LogP contribution in [0, 0.1) is 11.8 Å². The number of rotatable bonds is 12. The van der Waals surface area contributed by atoms with E-state index in [9.17, 15) is 19.2 Å². The highest BCUT2D eigenvalue weighted by Crippen LogP contribution is 2.24. The maximum atomic E-state index is 13.3. The molecule has 3 amide bonds. The van der Waals surface area contributed by atoms with Crippen molar-refractivity contribution in [3.05, 3.63) is 60.5 Å². The lowest BCUT2D eigenvalue weighted by atomic mass is 9.99. The summed E-state index contributed by atoms with van der Waals surface area (Å²) in [6.07, 6.45) is 8.28. The Morgan fingerprint density at radius 3 is 2.51 bits per heavy atom. The molecule has 1 aliphatic heterocycles. The van der Waals surface area contributed by atoms with Gasteiger partial charge in [0.25, 0.3) is 5.91 Å². The number of amides is 3. The van der Waals surface area contributed by atoms with Crippen molar-refractivity contribution < 1.29 is 23.9 Å². The Hall–Kier alpha value is -4.05. The van der Waals surface area contributed by atoms with Crippen LogP contribution in [0.4, 0.5) is 0 Å². The van der Waals surface area contributed by atoms with Gasteiger partial charge in [0, 0.05) is 18.1 Å². The first-order chi connectivity index (χ1) is 20.5. The van der Waals surface area contributed by atoms with E-state index in [2.05, 4.69) is 27.6 Å². The van der Waals surface area contributed by atoms with Crippen molar-refractivity contribution in [2.24, 2.45) is 11.8 Å². The quantitative estimate of drug-likeness (QED) is 0.249. The van der Waals surface area contributed by atoms with Gasteiger partial charge in [0.15, 0.2) is 0 Å². The molecular formula is C33H45N5O5. The van der Waals surface area contributed by atoms with E-state index in [-0.39, 0.29) is 23.7 Å². The van der Waals surface area contributed by atoms with Gasteiger partial charge in [-0.25, -0.2) is 5.43 Å². The molecule has 2 aromatic rings. The van der Waals surface area contributed by atoms with Crippen LogP contribution >= 0.6 is 0 Å². The van der Waals surface area contributed by atoms with Gasteiger partial charge in [0.05, 0.1) is 11.6 Å². The smallest absolute Gasteiger partial charge is 0.325 e. The summed E-state index contributed by atoms with van der Waals surface area (Å²) in [4.78, 5) is 56.5. The van der Waals surface area contributed by atoms with Gasteiger partial charge >= 0.3 is 5.97 Å². The van der Waals surface area contributed by atoms with Crippen molar-refractivity contribution in [3.63, 3.8) is 0 Å². The molecule has 0 saturated carbocycles. The molecule has 10 heteroatoms. The van der Waals surface area contributed by atoms with Crippen molar-refractivity contribution in [2.75, 3.05) is 6.54 Å². The Morgan fingerprint density at radius 2 is 1.86 bits per heavy atom. The Balaban J connectivity index is 1.59. The van der Waals surface area contributed by atoms with Gasteiger partial charge in [0.2, 0.25) is 11.8 Å². The second kappa shape index (κ2) is 15.4. The molecule has 1 aromatic carbocycles. The maximum Gasteiger partial charge on any atom is 0.325 e. The number of nitrogens with one attached hydrogen (secondary N) is 3. The fourth-order valence-electron chi connectivity index (χ4n) is 5.02. The minimum atomic E-state index is -0.878. The van der Waals surface area contributed by atoms with Gasteiger partial charge < -0.3 is 15.4 Å². The summed E-state index contributed by atoms with van der Waals surface area (Å²) in [5.74, 6) is -2.03. The Morgan fingerprint density at radius 1 is 1.12 bits per heavy atom. The molecule has 0 radical (unpaired) electrons. The fourth-order valence-corrected chi connectivity index (χ4v) is 5.02. The van der Waals surface area contributed by atoms with Crippen LogP contribution in [-0.4, -0.2) is 58.4 Å². The molecule has 0 bridgehead atoms. The highest BCUT2D eigenvalue weighted by atomic mass is 16.5. The van der Waals surface area contributed by atoms with Crippen molar-refractivity contribution >= 4 is 40.5 Å². The van der Waals surface area contributed by atoms with Gasteiger partial charge in [-0.2, -0.15) is 0 Å². The average Bonchev–Trinajstić information content (AvgIpc) is 3.00. The molecule has 1 aliphatic rings. The fraction of sp³-hybridized carbons (Fsp3) is 0.485. The molecule has 0 spiro atoms. The first-order valence-electron chi connectivity index (χ1n) is 15.0. The topological polar surface area (TPSA) is 130 Å². The van der Waals surface area contributed by atoms with Crippen LogP contribution in [0.2, 0.25) is 0 Å². The lowest BCUT2D eigenvalue weighted by Gasteiger charge is -2.35. The number of carbonyl (C=O) groups is 4. The van der Waals surface area contributed by atoms with Crippen molar-refractivity contribution in [1.82, 2.24) is 26.1 Å². The number of hydrogen-bond donors (Lipinski definition) is 3. The van der Waals surface area contributed by atoms with Crippen LogP contribution < -0.4 is 16.1 Å². The van der Waals surface area contributed by atoms with E-state index in [1.54, 1.807) is 25.3 Å². The van der Waals surface area contributed by atoms with Gasteiger partial charge in [-0.1, -0.05) is 51.6 Å². The second-order valence-corrected chi connectivity index (χ2v) is 11.3. The minimum Gasteiger partial charge on any atom is -0.457 e. The monoisotopic (exact) mass is 591 g/mol. The SMILES string of the molecule is C=Cc1cc2cc([C@@H](C)OC(=O)C3CCCN(C(=O)C(C)NC(=O)[C@@H](NC(=O)[C@@H](/C=C/C)CC)C(C)C)N3)ccc2cn1. The number of fused-ring (bicyclic) bond motifs is 1. The van der Waals surface area contributed by atoms with E-state index in [0.29, 0.717) is 25.8 Å². The van der Waals surface area contributed by atoms with Gasteiger partial charge in [-0.3, -0.25) is 29.2 Å². The summed E-state index contributed by atoms with van der Waals surface area (Å²) in [5, 5.41) is 8.88. The summed E-state index contributed by atoms with van der Waals surface area (Å²) in [7, 11) is 0. The van der Waals surface area contributed by atoms with Crippen molar-refractivity contribution in [3.8, 4) is 0 Å². The van der Waals surface area contributed by atoms with Gasteiger partial charge in [0.1, 0.15) is 24.2 Å². The first-order valence-corrected chi connectivity index (χ1v) is 15.0. The number of nitrogens with zero attached hydrogens (tertiary/aromatic N) is 2. The molecule has 10 nitrogen and oxygen atoms in total. The first kappa shape index (κ1) is 33.5. The number of esters is 1. The zero-order valence-electron chi connectivity index (χ0n) is 26.1. The average molecular weight is 592 g/mol. The number of benzene rings is 1. The summed E-state index contributed by atoms with van der Waals surface area (Å²) in [5.41, 5.74) is 4.59. The second-order valence-electron chi connectivity index (χ2n) is 11.3. The Kier molecular flexibility index (Phi) is 12.0. The highest BCUT2D eigenvalue weighted by Gasteiger charge is 2.34. The third kappa shape index (κ3) is 8.73. The number of carbonyl (C=O) groups excluding carboxylic acids is 4. The normalized spacial score (nSPS) is 18.1. The van der Waals surface area contributed by atoms with E-state index < -0.39 is 36.1 Å². The lowest BCUT2D eigenvalue weighted by molar-refractivity contribution is -0.157. The molecule has 1 saturated heterocycles. The lowest BCUT2D eigenvalue weighted by Crippen LogP contribution is -2.61. The van der Waals surface area contributed by atoms with Crippen molar-refractivity contribution in [1.29, 1.82) is 0 Å². The minimum absolute atomic E-state index is 0.188. The molecule has 1 fully saturated rings. The molecule has 3 N–H and O–H groups in total. The summed E-state index contributed by atoms with van der Waals surface area (Å²) < 4.78 is 5.79. The number of hydrazine groups is 1. The van der Waals surface area contributed by atoms with Gasteiger partial charge in [-0.05, 0) is 75.1 Å². The Bertz CT molecular complexity index is 1360. The molecule has 2 heterocycles. The third-order valence-electron chi connectivity index (χ3n) is 7.65.